The van der Waals surface area contributed by atoms with Crippen molar-refractivity contribution in [3.63, 3.8) is 0 Å². The van der Waals surface area contributed by atoms with Crippen LogP contribution in [0.25, 0.3) is 5.65 Å². The zero-order chi connectivity index (χ0) is 21.3. The molecule has 6 nitrogen and oxygen atoms in total. The second kappa shape index (κ2) is 7.85. The summed E-state index contributed by atoms with van der Waals surface area (Å²) in [5.74, 6) is -0.102. The molecule has 28 heavy (non-hydrogen) atoms. The predicted octanol–water partition coefficient (Wildman–Crippen LogP) is 4.05. The highest BCUT2D eigenvalue weighted by molar-refractivity contribution is 5.83. The Bertz CT molecular complexity index is 925. The molecular weight excluding hydrogens is 368 g/mol. The molecule has 2 rings (SSSR count). The smallest absolute Gasteiger partial charge is 0.395 e. The van der Waals surface area contributed by atoms with Crippen molar-refractivity contribution < 1.29 is 18.3 Å². The highest BCUT2D eigenvalue weighted by atomic mass is 19.3. The molecule has 0 bridgehead atoms. The van der Waals surface area contributed by atoms with Gasteiger partial charge in [0.2, 0.25) is 0 Å². The molecule has 0 saturated carbocycles. The number of nitrogens with one attached hydrogen (secondary N) is 1. The standard InChI is InChI=1S/C20H27F2N3O3/c1-12(2)23-16-14(10-13(26)11-19(3,4)5)18(27)25-9-7-8-15(17(25)24-16)28-20(6,21)22/h7-9,12,23H,10-11H2,1-6H3. The first-order chi connectivity index (χ1) is 12.8. The second-order valence-corrected chi connectivity index (χ2v) is 8.47. The third kappa shape index (κ3) is 5.74. The Kier molecular flexibility index (Phi) is 6.11. The third-order valence-electron chi connectivity index (χ3n) is 3.73. The maximum Gasteiger partial charge on any atom is 0.395 e. The summed E-state index contributed by atoms with van der Waals surface area (Å²) >= 11 is 0. The molecule has 0 aliphatic rings. The number of alkyl halides is 2. The van der Waals surface area contributed by atoms with Gasteiger partial charge in [-0.3, -0.25) is 14.0 Å². The van der Waals surface area contributed by atoms with Crippen molar-refractivity contribution in [2.75, 3.05) is 5.32 Å². The normalized spacial score (nSPS) is 12.5. The molecule has 2 aromatic rings. The SMILES string of the molecule is CC(C)Nc1nc2c(OC(C)(F)F)cccn2c(=O)c1CC(=O)CC(C)(C)C. The van der Waals surface area contributed by atoms with E-state index in [1.54, 1.807) is 0 Å². The molecular formula is C20H27F2N3O3. The first kappa shape index (κ1) is 21.8. The number of aromatic nitrogens is 2. The molecule has 0 fully saturated rings. The van der Waals surface area contributed by atoms with E-state index in [-0.39, 0.29) is 46.4 Å². The van der Waals surface area contributed by atoms with Gasteiger partial charge < -0.3 is 10.1 Å². The van der Waals surface area contributed by atoms with Crippen LogP contribution in [0, 0.1) is 5.41 Å². The number of hydrogen-bond acceptors (Lipinski definition) is 5. The minimum absolute atomic E-state index is 0.0378. The molecule has 2 aromatic heterocycles. The molecule has 0 aliphatic carbocycles. The molecule has 0 amide bonds. The maximum absolute atomic E-state index is 13.4. The topological polar surface area (TPSA) is 72.7 Å². The molecule has 0 aromatic carbocycles. The van der Waals surface area contributed by atoms with Crippen LogP contribution in [0.1, 0.15) is 53.5 Å². The summed E-state index contributed by atoms with van der Waals surface area (Å²) < 4.78 is 32.5. The second-order valence-electron chi connectivity index (χ2n) is 8.47. The lowest BCUT2D eigenvalue weighted by Crippen LogP contribution is -2.28. The van der Waals surface area contributed by atoms with Gasteiger partial charge in [0, 0.05) is 32.0 Å². The largest absolute Gasteiger partial charge is 0.429 e. The van der Waals surface area contributed by atoms with Gasteiger partial charge in [-0.25, -0.2) is 4.98 Å². The van der Waals surface area contributed by atoms with E-state index >= 15 is 0 Å². The predicted molar refractivity (Wildman–Crippen MR) is 104 cm³/mol. The Balaban J connectivity index is 2.61. The summed E-state index contributed by atoms with van der Waals surface area (Å²) in [6.45, 7) is 10.1. The molecule has 0 radical (unpaired) electrons. The summed E-state index contributed by atoms with van der Waals surface area (Å²) in [6, 6.07) is 2.67. The molecule has 0 saturated heterocycles. The molecule has 1 N–H and O–H groups in total. The number of carbonyl (C=O) groups is 1. The maximum atomic E-state index is 13.4. The number of ether oxygens (including phenoxy) is 1. The quantitative estimate of drug-likeness (QED) is 0.766. The molecule has 0 atom stereocenters. The van der Waals surface area contributed by atoms with Gasteiger partial charge in [-0.15, -0.1) is 0 Å². The number of halogens is 2. The number of anilines is 1. The van der Waals surface area contributed by atoms with Crippen molar-refractivity contribution in [1.29, 1.82) is 0 Å². The van der Waals surface area contributed by atoms with Gasteiger partial charge in [0.1, 0.15) is 11.6 Å². The van der Waals surface area contributed by atoms with Crippen LogP contribution in [0.3, 0.4) is 0 Å². The molecule has 0 unspecified atom stereocenters. The Morgan fingerprint density at radius 2 is 1.93 bits per heavy atom. The van der Waals surface area contributed by atoms with Crippen molar-refractivity contribution in [2.45, 2.75) is 66.5 Å². The van der Waals surface area contributed by atoms with Gasteiger partial charge in [-0.1, -0.05) is 20.8 Å². The van der Waals surface area contributed by atoms with Crippen molar-refractivity contribution in [1.82, 2.24) is 9.38 Å². The van der Waals surface area contributed by atoms with E-state index < -0.39 is 11.7 Å². The minimum Gasteiger partial charge on any atom is -0.429 e. The van der Waals surface area contributed by atoms with Gasteiger partial charge in [0.15, 0.2) is 11.4 Å². The number of hydrogen-bond donors (Lipinski definition) is 1. The van der Waals surface area contributed by atoms with Gasteiger partial charge in [-0.2, -0.15) is 8.78 Å². The molecule has 0 aliphatic heterocycles. The zero-order valence-corrected chi connectivity index (χ0v) is 17.1. The molecule has 2 heterocycles. The Morgan fingerprint density at radius 3 is 2.46 bits per heavy atom. The van der Waals surface area contributed by atoms with Crippen molar-refractivity contribution in [2.24, 2.45) is 5.41 Å². The van der Waals surface area contributed by atoms with Gasteiger partial charge in [0.25, 0.3) is 5.56 Å². The van der Waals surface area contributed by atoms with Gasteiger partial charge >= 0.3 is 6.11 Å². The average Bonchev–Trinajstić information content (AvgIpc) is 2.48. The fourth-order valence-electron chi connectivity index (χ4n) is 2.85. The lowest BCUT2D eigenvalue weighted by atomic mass is 9.88. The summed E-state index contributed by atoms with van der Waals surface area (Å²) in [5, 5.41) is 3.04. The summed E-state index contributed by atoms with van der Waals surface area (Å²) in [6.07, 6.45) is -1.79. The van der Waals surface area contributed by atoms with Crippen molar-refractivity contribution >= 4 is 17.2 Å². The van der Waals surface area contributed by atoms with Gasteiger partial charge in [0.05, 0.1) is 5.56 Å². The van der Waals surface area contributed by atoms with Crippen LogP contribution in [0.4, 0.5) is 14.6 Å². The minimum atomic E-state index is -3.42. The van der Waals surface area contributed by atoms with Crippen molar-refractivity contribution in [3.05, 3.63) is 34.2 Å². The Hall–Kier alpha value is -2.51. The number of carbonyl (C=O) groups excluding carboxylic acids is 1. The highest BCUT2D eigenvalue weighted by Gasteiger charge is 2.26. The summed E-state index contributed by atoms with van der Waals surface area (Å²) in [5.41, 5.74) is -0.526. The van der Waals surface area contributed by atoms with Crippen LogP contribution in [-0.4, -0.2) is 27.3 Å². The van der Waals surface area contributed by atoms with E-state index in [4.69, 9.17) is 0 Å². The van der Waals surface area contributed by atoms with Crippen LogP contribution >= 0.6 is 0 Å². The van der Waals surface area contributed by atoms with Crippen LogP contribution < -0.4 is 15.6 Å². The van der Waals surface area contributed by atoms with E-state index in [0.29, 0.717) is 13.3 Å². The van der Waals surface area contributed by atoms with Crippen LogP contribution in [0.15, 0.2) is 23.1 Å². The first-order valence-electron chi connectivity index (χ1n) is 9.16. The van der Waals surface area contributed by atoms with Crippen LogP contribution in [-0.2, 0) is 11.2 Å². The molecule has 154 valence electrons. The lowest BCUT2D eigenvalue weighted by Gasteiger charge is -2.19. The number of fused-ring (bicyclic) bond motifs is 1. The van der Waals surface area contributed by atoms with E-state index in [9.17, 15) is 18.4 Å². The number of nitrogens with zero attached hydrogens (tertiary/aromatic N) is 2. The monoisotopic (exact) mass is 395 g/mol. The number of Topliss-reactive ketones (excluding diaryl/α,β-unsaturated/α-hetero) is 1. The number of rotatable bonds is 7. The number of ketones is 1. The van der Waals surface area contributed by atoms with E-state index in [1.165, 1.54) is 18.3 Å². The Labute approximate surface area is 162 Å². The lowest BCUT2D eigenvalue weighted by molar-refractivity contribution is -0.158. The summed E-state index contributed by atoms with van der Waals surface area (Å²) in [7, 11) is 0. The van der Waals surface area contributed by atoms with E-state index in [2.05, 4.69) is 15.0 Å². The average molecular weight is 395 g/mol. The zero-order valence-electron chi connectivity index (χ0n) is 17.1. The van der Waals surface area contributed by atoms with E-state index in [1.807, 2.05) is 34.6 Å². The third-order valence-corrected chi connectivity index (χ3v) is 3.73. The summed E-state index contributed by atoms with van der Waals surface area (Å²) in [4.78, 5) is 29.9. The number of pyridine rings is 1. The van der Waals surface area contributed by atoms with E-state index in [0.717, 1.165) is 4.40 Å². The van der Waals surface area contributed by atoms with Gasteiger partial charge in [-0.05, 0) is 31.4 Å². The van der Waals surface area contributed by atoms with Crippen molar-refractivity contribution in [3.8, 4) is 5.75 Å². The fraction of sp³-hybridized carbons (Fsp3) is 0.550. The molecule has 8 heteroatoms. The fourth-order valence-corrected chi connectivity index (χ4v) is 2.85. The van der Waals surface area contributed by atoms with Crippen LogP contribution in [0.2, 0.25) is 0 Å². The molecule has 0 spiro atoms. The van der Waals surface area contributed by atoms with Crippen LogP contribution in [0.5, 0.6) is 5.75 Å². The highest BCUT2D eigenvalue weighted by Crippen LogP contribution is 2.26. The first-order valence-corrected chi connectivity index (χ1v) is 9.16. The Morgan fingerprint density at radius 1 is 1.29 bits per heavy atom.